The van der Waals surface area contributed by atoms with Gasteiger partial charge in [0.2, 0.25) is 5.91 Å². The molecule has 0 aliphatic carbocycles. The molecule has 2 amide bonds. The molecule has 4 N–H and O–H groups in total. The lowest BCUT2D eigenvalue weighted by Crippen LogP contribution is -2.48. The highest BCUT2D eigenvalue weighted by Gasteiger charge is 2.31. The molecule has 0 bridgehead atoms. The van der Waals surface area contributed by atoms with Crippen LogP contribution in [-0.2, 0) is 11.3 Å². The Morgan fingerprint density at radius 3 is 2.45 bits per heavy atom. The first-order chi connectivity index (χ1) is 9.52. The van der Waals surface area contributed by atoms with Gasteiger partial charge < -0.3 is 16.4 Å². The number of amides is 2. The van der Waals surface area contributed by atoms with Crippen LogP contribution in [0, 0.1) is 5.92 Å². The fourth-order valence-electron chi connectivity index (χ4n) is 2.57. The average Bonchev–Trinajstić information content (AvgIpc) is 2.47. The van der Waals surface area contributed by atoms with Gasteiger partial charge in [0, 0.05) is 24.7 Å². The largest absolute Gasteiger partial charge is 0.369 e. The second kappa shape index (κ2) is 6.05. The van der Waals surface area contributed by atoms with Crippen molar-refractivity contribution in [2.45, 2.75) is 32.4 Å². The van der Waals surface area contributed by atoms with E-state index in [1.54, 1.807) is 17.0 Å². The van der Waals surface area contributed by atoms with Gasteiger partial charge in [0.05, 0.1) is 5.92 Å². The lowest BCUT2D eigenvalue weighted by atomic mass is 9.92. The van der Waals surface area contributed by atoms with E-state index in [0.29, 0.717) is 18.7 Å². The molecule has 2 atom stereocenters. The molecule has 1 aliphatic rings. The van der Waals surface area contributed by atoms with Crippen molar-refractivity contribution in [2.24, 2.45) is 17.4 Å². The molecule has 1 fully saturated rings. The molecule has 2 rings (SSSR count). The second-order valence-corrected chi connectivity index (χ2v) is 5.38. The summed E-state index contributed by atoms with van der Waals surface area (Å²) in [6.45, 7) is 2.87. The zero-order chi connectivity index (χ0) is 14.7. The number of primary amides is 1. The molecule has 1 aromatic rings. The highest BCUT2D eigenvalue weighted by atomic mass is 16.2. The minimum atomic E-state index is -0.326. The summed E-state index contributed by atoms with van der Waals surface area (Å²) >= 11 is 0. The number of nitrogens with zero attached hydrogens (tertiary/aromatic N) is 1. The Balaban J connectivity index is 2.15. The molecule has 1 aromatic carbocycles. The van der Waals surface area contributed by atoms with Gasteiger partial charge in [-0.2, -0.15) is 0 Å². The first-order valence-electron chi connectivity index (χ1n) is 6.92. The molecule has 0 radical (unpaired) electrons. The predicted molar refractivity (Wildman–Crippen MR) is 76.8 cm³/mol. The number of likely N-dealkylation sites (tertiary alicyclic amines) is 1. The van der Waals surface area contributed by atoms with E-state index in [1.165, 1.54) is 0 Å². The van der Waals surface area contributed by atoms with Crippen LogP contribution in [0.1, 0.15) is 35.7 Å². The molecular weight excluding hydrogens is 254 g/mol. The number of carbonyl (C=O) groups excluding carboxylic acids is 2. The summed E-state index contributed by atoms with van der Waals surface area (Å²) in [6, 6.07) is 7.41. The van der Waals surface area contributed by atoms with E-state index in [0.717, 1.165) is 18.4 Å². The maximum Gasteiger partial charge on any atom is 0.254 e. The fourth-order valence-corrected chi connectivity index (χ4v) is 2.57. The molecule has 5 heteroatoms. The average molecular weight is 275 g/mol. The zero-order valence-corrected chi connectivity index (χ0v) is 11.7. The van der Waals surface area contributed by atoms with Gasteiger partial charge in [-0.3, -0.25) is 9.59 Å². The van der Waals surface area contributed by atoms with Gasteiger partial charge in [0.15, 0.2) is 0 Å². The predicted octanol–water partition coefficient (Wildman–Crippen LogP) is 0.871. The second-order valence-electron chi connectivity index (χ2n) is 5.38. The van der Waals surface area contributed by atoms with Crippen LogP contribution < -0.4 is 11.5 Å². The SMILES string of the molecule is C[C@@H]1CC[C@H](C(N)=O)CN1C(=O)c1ccc(CN)cc1. The van der Waals surface area contributed by atoms with E-state index in [9.17, 15) is 9.59 Å². The summed E-state index contributed by atoms with van der Waals surface area (Å²) in [5.74, 6) is -0.612. The smallest absolute Gasteiger partial charge is 0.254 e. The van der Waals surface area contributed by atoms with Crippen LogP contribution in [0.3, 0.4) is 0 Å². The number of piperidine rings is 1. The van der Waals surface area contributed by atoms with Crippen LogP contribution >= 0.6 is 0 Å². The Bertz CT molecular complexity index is 498. The number of benzene rings is 1. The molecule has 20 heavy (non-hydrogen) atoms. The molecule has 0 saturated carbocycles. The van der Waals surface area contributed by atoms with E-state index in [-0.39, 0.29) is 23.8 Å². The third kappa shape index (κ3) is 2.99. The molecule has 1 aliphatic heterocycles. The van der Waals surface area contributed by atoms with Crippen molar-refractivity contribution in [3.63, 3.8) is 0 Å². The number of carbonyl (C=O) groups is 2. The normalized spacial score (nSPS) is 22.6. The summed E-state index contributed by atoms with van der Waals surface area (Å²) in [5, 5.41) is 0. The summed E-state index contributed by atoms with van der Waals surface area (Å²) in [6.07, 6.45) is 1.56. The number of hydrogen-bond acceptors (Lipinski definition) is 3. The van der Waals surface area contributed by atoms with Gasteiger partial charge in [-0.15, -0.1) is 0 Å². The zero-order valence-electron chi connectivity index (χ0n) is 11.7. The standard InChI is InChI=1S/C15H21N3O2/c1-10-2-5-13(14(17)19)9-18(10)15(20)12-6-3-11(8-16)4-7-12/h3-4,6-7,10,13H,2,5,8-9,16H2,1H3,(H2,17,19)/t10-,13+/m1/s1. The van der Waals surface area contributed by atoms with Crippen molar-refractivity contribution in [3.05, 3.63) is 35.4 Å². The van der Waals surface area contributed by atoms with E-state index in [2.05, 4.69) is 0 Å². The topological polar surface area (TPSA) is 89.4 Å². The molecule has 1 heterocycles. The van der Waals surface area contributed by atoms with E-state index in [1.807, 2.05) is 19.1 Å². The van der Waals surface area contributed by atoms with Crippen molar-refractivity contribution in [1.29, 1.82) is 0 Å². The van der Waals surface area contributed by atoms with Crippen LogP contribution in [0.5, 0.6) is 0 Å². The van der Waals surface area contributed by atoms with Gasteiger partial charge in [-0.05, 0) is 37.5 Å². The molecular formula is C15H21N3O2. The van der Waals surface area contributed by atoms with Crippen molar-refractivity contribution in [3.8, 4) is 0 Å². The lowest BCUT2D eigenvalue weighted by molar-refractivity contribution is -0.123. The van der Waals surface area contributed by atoms with Crippen molar-refractivity contribution >= 4 is 11.8 Å². The number of nitrogens with two attached hydrogens (primary N) is 2. The maximum absolute atomic E-state index is 12.5. The molecule has 0 unspecified atom stereocenters. The monoisotopic (exact) mass is 275 g/mol. The first-order valence-corrected chi connectivity index (χ1v) is 6.92. The minimum Gasteiger partial charge on any atom is -0.369 e. The van der Waals surface area contributed by atoms with Crippen LogP contribution in [0.4, 0.5) is 0 Å². The number of rotatable bonds is 3. The Hall–Kier alpha value is -1.88. The van der Waals surface area contributed by atoms with Gasteiger partial charge in [-0.1, -0.05) is 12.1 Å². The minimum absolute atomic E-state index is 0.0491. The third-order valence-electron chi connectivity index (χ3n) is 3.98. The fraction of sp³-hybridized carbons (Fsp3) is 0.467. The van der Waals surface area contributed by atoms with Gasteiger partial charge >= 0.3 is 0 Å². The van der Waals surface area contributed by atoms with Gasteiger partial charge in [0.25, 0.3) is 5.91 Å². The quantitative estimate of drug-likeness (QED) is 0.857. The van der Waals surface area contributed by atoms with Crippen molar-refractivity contribution in [1.82, 2.24) is 4.90 Å². The molecule has 5 nitrogen and oxygen atoms in total. The Morgan fingerprint density at radius 1 is 1.25 bits per heavy atom. The van der Waals surface area contributed by atoms with E-state index < -0.39 is 0 Å². The molecule has 0 aromatic heterocycles. The van der Waals surface area contributed by atoms with Gasteiger partial charge in [0.1, 0.15) is 0 Å². The van der Waals surface area contributed by atoms with Crippen molar-refractivity contribution in [2.75, 3.05) is 6.54 Å². The molecule has 1 saturated heterocycles. The number of hydrogen-bond donors (Lipinski definition) is 2. The van der Waals surface area contributed by atoms with Crippen LogP contribution in [0.15, 0.2) is 24.3 Å². The Kier molecular flexibility index (Phi) is 4.39. The maximum atomic E-state index is 12.5. The highest BCUT2D eigenvalue weighted by Crippen LogP contribution is 2.23. The lowest BCUT2D eigenvalue weighted by Gasteiger charge is -2.37. The van der Waals surface area contributed by atoms with Gasteiger partial charge in [-0.25, -0.2) is 0 Å². The summed E-state index contributed by atoms with van der Waals surface area (Å²) in [5.41, 5.74) is 12.5. The molecule has 0 spiro atoms. The highest BCUT2D eigenvalue weighted by molar-refractivity contribution is 5.95. The van der Waals surface area contributed by atoms with E-state index >= 15 is 0 Å². The third-order valence-corrected chi connectivity index (χ3v) is 3.98. The van der Waals surface area contributed by atoms with Crippen molar-refractivity contribution < 1.29 is 9.59 Å². The van der Waals surface area contributed by atoms with Crippen LogP contribution in [-0.4, -0.2) is 29.3 Å². The summed E-state index contributed by atoms with van der Waals surface area (Å²) < 4.78 is 0. The van der Waals surface area contributed by atoms with Crippen LogP contribution in [0.2, 0.25) is 0 Å². The van der Waals surface area contributed by atoms with E-state index in [4.69, 9.17) is 11.5 Å². The summed E-state index contributed by atoms with van der Waals surface area (Å²) in [7, 11) is 0. The Labute approximate surface area is 118 Å². The van der Waals surface area contributed by atoms with Crippen LogP contribution in [0.25, 0.3) is 0 Å². The first kappa shape index (κ1) is 14.5. The summed E-state index contributed by atoms with van der Waals surface area (Å²) in [4.78, 5) is 25.6. The molecule has 108 valence electrons. The Morgan fingerprint density at radius 2 is 1.90 bits per heavy atom.